The van der Waals surface area contributed by atoms with Gasteiger partial charge in [0.15, 0.2) is 0 Å². The first-order valence-corrected chi connectivity index (χ1v) is 5.26. The molecule has 1 rings (SSSR count). The van der Waals surface area contributed by atoms with Gasteiger partial charge in [-0.2, -0.15) is 13.2 Å². The smallest absolute Gasteiger partial charge is 0.422 e. The van der Waals surface area contributed by atoms with Crippen molar-refractivity contribution >= 4 is 12.0 Å². The van der Waals surface area contributed by atoms with Crippen LogP contribution in [0.5, 0.6) is 0 Å². The molecule has 1 saturated heterocycles. The third-order valence-corrected chi connectivity index (χ3v) is 2.76. The van der Waals surface area contributed by atoms with Gasteiger partial charge in [-0.05, 0) is 6.92 Å². The number of hydrogen-bond acceptors (Lipinski definition) is 3. The molecule has 18 heavy (non-hydrogen) atoms. The lowest BCUT2D eigenvalue weighted by molar-refractivity contribution is -0.203. The Morgan fingerprint density at radius 1 is 1.28 bits per heavy atom. The lowest BCUT2D eigenvalue weighted by atomic mass is 10.0. The van der Waals surface area contributed by atoms with Crippen molar-refractivity contribution in [2.75, 3.05) is 26.2 Å². The minimum absolute atomic E-state index is 0.236. The molecule has 1 heterocycles. The summed E-state index contributed by atoms with van der Waals surface area (Å²) < 4.78 is 38.0. The minimum atomic E-state index is -5.07. The Bertz CT molecular complexity index is 342. The molecule has 0 bridgehead atoms. The average molecular weight is 269 g/mol. The highest BCUT2D eigenvalue weighted by Crippen LogP contribution is 2.30. The van der Waals surface area contributed by atoms with E-state index in [-0.39, 0.29) is 13.1 Å². The number of piperazine rings is 1. The molecule has 0 aliphatic carbocycles. The number of rotatable bonds is 2. The highest BCUT2D eigenvalue weighted by atomic mass is 19.4. The number of alkyl halides is 3. The standard InChI is InChI=1S/C9H14F3N3O3/c1-8(6(16)17,9(10,11)12)14-7(18)15-4-2-13-3-5-15/h13H,2-5H2,1H3,(H,14,18)(H,16,17). The maximum atomic E-state index is 12.7. The van der Waals surface area contributed by atoms with Crippen LogP contribution in [0.4, 0.5) is 18.0 Å². The number of carboxylic acid groups (broad SMARTS) is 1. The number of amides is 2. The SMILES string of the molecule is CC(NC(=O)N1CCNCC1)(C(=O)O)C(F)(F)F. The lowest BCUT2D eigenvalue weighted by Crippen LogP contribution is -2.65. The van der Waals surface area contributed by atoms with Gasteiger partial charge in [-0.25, -0.2) is 9.59 Å². The van der Waals surface area contributed by atoms with Gasteiger partial charge in [0.2, 0.25) is 5.54 Å². The molecule has 1 fully saturated rings. The molecule has 0 aromatic heterocycles. The number of carboxylic acids is 1. The van der Waals surface area contributed by atoms with Crippen molar-refractivity contribution in [3.63, 3.8) is 0 Å². The van der Waals surface area contributed by atoms with Crippen LogP contribution in [0.15, 0.2) is 0 Å². The zero-order chi connectivity index (χ0) is 14.0. The summed E-state index contributed by atoms with van der Waals surface area (Å²) in [5.41, 5.74) is -3.28. The Labute approximate surface area is 101 Å². The molecule has 6 nitrogen and oxygen atoms in total. The third-order valence-electron chi connectivity index (χ3n) is 2.76. The molecule has 1 unspecified atom stereocenters. The number of halogens is 3. The number of hydrogen-bond donors (Lipinski definition) is 3. The molecule has 104 valence electrons. The van der Waals surface area contributed by atoms with Gasteiger partial charge in [0.05, 0.1) is 0 Å². The second-order valence-corrected chi connectivity index (χ2v) is 4.10. The molecule has 0 saturated carbocycles. The maximum Gasteiger partial charge on any atom is 0.422 e. The fraction of sp³-hybridized carbons (Fsp3) is 0.778. The van der Waals surface area contributed by atoms with Gasteiger partial charge in [0.25, 0.3) is 0 Å². The normalized spacial score (nSPS) is 20.1. The molecule has 0 spiro atoms. The Morgan fingerprint density at radius 3 is 2.17 bits per heavy atom. The van der Waals surface area contributed by atoms with Crippen molar-refractivity contribution in [1.82, 2.24) is 15.5 Å². The fourth-order valence-electron chi connectivity index (χ4n) is 1.41. The predicted octanol–water partition coefficient (Wildman–Crippen LogP) is 0.00680. The van der Waals surface area contributed by atoms with Crippen LogP contribution in [0, 0.1) is 0 Å². The summed E-state index contributed by atoms with van der Waals surface area (Å²) in [6, 6.07) is -1.03. The Morgan fingerprint density at radius 2 is 1.78 bits per heavy atom. The van der Waals surface area contributed by atoms with Crippen LogP contribution in [0.2, 0.25) is 0 Å². The first kappa shape index (κ1) is 14.6. The van der Waals surface area contributed by atoms with Gasteiger partial charge >= 0.3 is 18.2 Å². The summed E-state index contributed by atoms with van der Waals surface area (Å²) in [5.74, 6) is -2.14. The monoisotopic (exact) mass is 269 g/mol. The molecule has 2 amide bonds. The third kappa shape index (κ3) is 2.84. The van der Waals surface area contributed by atoms with Crippen molar-refractivity contribution < 1.29 is 27.9 Å². The molecule has 1 atom stereocenters. The fourth-order valence-corrected chi connectivity index (χ4v) is 1.41. The Hall–Kier alpha value is -1.51. The number of urea groups is 1. The van der Waals surface area contributed by atoms with Crippen LogP contribution in [-0.4, -0.2) is 59.9 Å². The predicted molar refractivity (Wildman–Crippen MR) is 55.1 cm³/mol. The van der Waals surface area contributed by atoms with Gasteiger partial charge in [-0.15, -0.1) is 0 Å². The van der Waals surface area contributed by atoms with E-state index in [4.69, 9.17) is 5.11 Å². The lowest BCUT2D eigenvalue weighted by Gasteiger charge is -2.33. The van der Waals surface area contributed by atoms with E-state index in [0.29, 0.717) is 20.0 Å². The number of carbonyl (C=O) groups excluding carboxylic acids is 1. The van der Waals surface area contributed by atoms with Gasteiger partial charge in [0, 0.05) is 26.2 Å². The Kier molecular flexibility index (Phi) is 4.05. The van der Waals surface area contributed by atoms with Gasteiger partial charge in [0.1, 0.15) is 0 Å². The number of carbonyl (C=O) groups is 2. The van der Waals surface area contributed by atoms with E-state index in [1.54, 1.807) is 0 Å². The molecule has 0 aromatic rings. The largest absolute Gasteiger partial charge is 0.479 e. The van der Waals surface area contributed by atoms with Crippen molar-refractivity contribution in [2.24, 2.45) is 0 Å². The van der Waals surface area contributed by atoms with Crippen LogP contribution < -0.4 is 10.6 Å². The molecule has 9 heteroatoms. The second-order valence-electron chi connectivity index (χ2n) is 4.10. The van der Waals surface area contributed by atoms with Crippen molar-refractivity contribution in [3.05, 3.63) is 0 Å². The molecule has 0 radical (unpaired) electrons. The molecule has 1 aliphatic rings. The maximum absolute atomic E-state index is 12.7. The average Bonchev–Trinajstić information content (AvgIpc) is 2.28. The molecule has 3 N–H and O–H groups in total. The topological polar surface area (TPSA) is 81.7 Å². The van der Waals surface area contributed by atoms with E-state index in [0.717, 1.165) is 4.90 Å². The summed E-state index contributed by atoms with van der Waals surface area (Å²) in [6.45, 7) is 1.82. The quantitative estimate of drug-likeness (QED) is 0.659. The van der Waals surface area contributed by atoms with Crippen LogP contribution in [0.1, 0.15) is 6.92 Å². The van der Waals surface area contributed by atoms with Crippen LogP contribution in [-0.2, 0) is 4.79 Å². The minimum Gasteiger partial charge on any atom is -0.479 e. The van der Waals surface area contributed by atoms with E-state index >= 15 is 0 Å². The number of nitrogens with zero attached hydrogens (tertiary/aromatic N) is 1. The van der Waals surface area contributed by atoms with E-state index < -0.39 is 23.7 Å². The highest BCUT2D eigenvalue weighted by molar-refractivity contribution is 5.86. The zero-order valence-corrected chi connectivity index (χ0v) is 9.67. The molecule has 0 aromatic carbocycles. The van der Waals surface area contributed by atoms with Crippen molar-refractivity contribution in [3.8, 4) is 0 Å². The summed E-state index contributed by atoms with van der Waals surface area (Å²) >= 11 is 0. The summed E-state index contributed by atoms with van der Waals surface area (Å²) in [6.07, 6.45) is -5.07. The first-order chi connectivity index (χ1) is 8.18. The van der Waals surface area contributed by atoms with Gasteiger partial charge < -0.3 is 20.6 Å². The van der Waals surface area contributed by atoms with E-state index in [1.807, 2.05) is 0 Å². The van der Waals surface area contributed by atoms with Crippen LogP contribution in [0.25, 0.3) is 0 Å². The molecular formula is C9H14F3N3O3. The van der Waals surface area contributed by atoms with E-state index in [2.05, 4.69) is 5.32 Å². The van der Waals surface area contributed by atoms with Gasteiger partial charge in [-0.1, -0.05) is 0 Å². The van der Waals surface area contributed by atoms with Crippen molar-refractivity contribution in [2.45, 2.75) is 18.6 Å². The summed E-state index contributed by atoms with van der Waals surface area (Å²) in [4.78, 5) is 23.5. The van der Waals surface area contributed by atoms with Crippen molar-refractivity contribution in [1.29, 1.82) is 0 Å². The van der Waals surface area contributed by atoms with E-state index in [1.165, 1.54) is 5.32 Å². The molecular weight excluding hydrogens is 255 g/mol. The van der Waals surface area contributed by atoms with Gasteiger partial charge in [-0.3, -0.25) is 0 Å². The second kappa shape index (κ2) is 5.01. The summed E-state index contributed by atoms with van der Waals surface area (Å²) in [5, 5.41) is 13.1. The van der Waals surface area contributed by atoms with Crippen LogP contribution in [0.3, 0.4) is 0 Å². The Balaban J connectivity index is 2.78. The highest BCUT2D eigenvalue weighted by Gasteiger charge is 2.58. The van der Waals surface area contributed by atoms with E-state index in [9.17, 15) is 22.8 Å². The number of nitrogens with one attached hydrogen (secondary N) is 2. The zero-order valence-electron chi connectivity index (χ0n) is 9.67. The van der Waals surface area contributed by atoms with Crippen LogP contribution >= 0.6 is 0 Å². The first-order valence-electron chi connectivity index (χ1n) is 5.26. The summed E-state index contributed by atoms with van der Waals surface area (Å²) in [7, 11) is 0. The number of aliphatic carboxylic acids is 1. The molecule has 1 aliphatic heterocycles.